The van der Waals surface area contributed by atoms with Crippen molar-refractivity contribution in [1.82, 2.24) is 20.0 Å². The molecule has 0 bridgehead atoms. The molecule has 0 radical (unpaired) electrons. The molecule has 2 aromatic heterocycles. The van der Waals surface area contributed by atoms with Crippen molar-refractivity contribution in [3.63, 3.8) is 0 Å². The van der Waals surface area contributed by atoms with E-state index >= 15 is 0 Å². The Morgan fingerprint density at radius 3 is 2.86 bits per heavy atom. The number of carbonyl (C=O) groups excluding carboxylic acids is 1. The third kappa shape index (κ3) is 4.22. The van der Waals surface area contributed by atoms with Gasteiger partial charge in [0.15, 0.2) is 0 Å². The Morgan fingerprint density at radius 1 is 1.31 bits per heavy atom. The number of hydrogen-bond donors (Lipinski definition) is 1. The number of benzene rings is 1. The molecule has 3 aromatic rings. The van der Waals surface area contributed by atoms with Crippen LogP contribution in [0.1, 0.15) is 35.7 Å². The third-order valence-corrected chi connectivity index (χ3v) is 5.31. The molecule has 0 saturated carbocycles. The van der Waals surface area contributed by atoms with Crippen LogP contribution in [-0.2, 0) is 22.5 Å². The molecule has 1 N–H and O–H groups in total. The first-order valence-corrected chi connectivity index (χ1v) is 9.80. The summed E-state index contributed by atoms with van der Waals surface area (Å²) in [5.74, 6) is 1.02. The second-order valence-corrected chi connectivity index (χ2v) is 7.42. The van der Waals surface area contributed by atoms with Crippen LogP contribution in [0.3, 0.4) is 0 Å². The Labute approximate surface area is 167 Å². The first-order chi connectivity index (χ1) is 14.0. The van der Waals surface area contributed by atoms with E-state index in [1.54, 1.807) is 30.0 Å². The fourth-order valence-corrected chi connectivity index (χ4v) is 3.70. The predicted octanol–water partition coefficient (Wildman–Crippen LogP) is 2.28. The number of para-hydroxylation sites is 1. The minimum atomic E-state index is -0.208. The van der Waals surface area contributed by atoms with Gasteiger partial charge in [0.2, 0.25) is 5.91 Å². The second-order valence-electron chi connectivity index (χ2n) is 7.42. The van der Waals surface area contributed by atoms with E-state index in [9.17, 15) is 9.59 Å². The van der Waals surface area contributed by atoms with Crippen LogP contribution in [-0.4, -0.2) is 45.2 Å². The Kier molecular flexibility index (Phi) is 5.44. The molecule has 0 aliphatic carbocycles. The molecule has 1 aliphatic heterocycles. The molecule has 1 aromatic carbocycles. The summed E-state index contributed by atoms with van der Waals surface area (Å²) in [5.41, 5.74) is 1.92. The first kappa shape index (κ1) is 19.3. The Bertz CT molecular complexity index is 1060. The van der Waals surface area contributed by atoms with Crippen molar-refractivity contribution in [2.45, 2.75) is 45.8 Å². The lowest BCUT2D eigenvalue weighted by molar-refractivity contribution is -0.132. The summed E-state index contributed by atoms with van der Waals surface area (Å²) in [4.78, 5) is 34.6. The fourth-order valence-electron chi connectivity index (χ4n) is 3.70. The lowest BCUT2D eigenvalue weighted by Gasteiger charge is -2.25. The Hall–Kier alpha value is -3.00. The number of aryl methyl sites for hydroxylation is 2. The zero-order valence-electron chi connectivity index (χ0n) is 16.6. The maximum Gasteiger partial charge on any atom is 0.258 e. The molecule has 0 unspecified atom stereocenters. The normalized spacial score (nSPS) is 16.4. The van der Waals surface area contributed by atoms with Crippen molar-refractivity contribution in [2.75, 3.05) is 13.2 Å². The molecule has 1 amide bonds. The molecule has 29 heavy (non-hydrogen) atoms. The number of rotatable bonds is 6. The van der Waals surface area contributed by atoms with Crippen molar-refractivity contribution in [3.8, 4) is 0 Å². The van der Waals surface area contributed by atoms with Crippen LogP contribution in [0.5, 0.6) is 0 Å². The van der Waals surface area contributed by atoms with E-state index in [2.05, 4.69) is 15.1 Å². The average molecular weight is 396 g/mol. The van der Waals surface area contributed by atoms with Gasteiger partial charge in [-0.2, -0.15) is 0 Å². The van der Waals surface area contributed by atoms with Gasteiger partial charge in [0, 0.05) is 18.7 Å². The molecule has 8 heteroatoms. The SMILES string of the molecule is Cc1noc(C)c1CC(=O)N(Cc1nc2ccccc2c(=O)[nH]1)C[C@H]1CCCO1. The molecule has 1 fully saturated rings. The average Bonchev–Trinajstić information content (AvgIpc) is 3.33. The number of aromatic nitrogens is 3. The van der Waals surface area contributed by atoms with Gasteiger partial charge in [-0.05, 0) is 38.8 Å². The van der Waals surface area contributed by atoms with Crippen molar-refractivity contribution < 1.29 is 14.1 Å². The van der Waals surface area contributed by atoms with Crippen molar-refractivity contribution in [2.24, 2.45) is 0 Å². The van der Waals surface area contributed by atoms with E-state index in [4.69, 9.17) is 9.26 Å². The lowest BCUT2D eigenvalue weighted by Crippen LogP contribution is -2.38. The number of fused-ring (bicyclic) bond motifs is 1. The predicted molar refractivity (Wildman–Crippen MR) is 106 cm³/mol. The molecule has 1 saturated heterocycles. The largest absolute Gasteiger partial charge is 0.376 e. The van der Waals surface area contributed by atoms with Crippen molar-refractivity contribution in [1.29, 1.82) is 0 Å². The maximum absolute atomic E-state index is 13.1. The van der Waals surface area contributed by atoms with Crippen LogP contribution in [0.4, 0.5) is 0 Å². The highest BCUT2D eigenvalue weighted by Gasteiger charge is 2.25. The summed E-state index contributed by atoms with van der Waals surface area (Å²) in [6.45, 7) is 5.00. The first-order valence-electron chi connectivity index (χ1n) is 9.80. The van der Waals surface area contributed by atoms with Gasteiger partial charge in [0.05, 0.1) is 35.7 Å². The number of hydrogen-bond acceptors (Lipinski definition) is 6. The molecule has 152 valence electrons. The van der Waals surface area contributed by atoms with E-state index < -0.39 is 0 Å². The van der Waals surface area contributed by atoms with Gasteiger partial charge in [-0.3, -0.25) is 9.59 Å². The van der Waals surface area contributed by atoms with Gasteiger partial charge >= 0.3 is 0 Å². The molecule has 3 heterocycles. The fraction of sp³-hybridized carbons (Fsp3) is 0.429. The van der Waals surface area contributed by atoms with E-state index in [0.717, 1.165) is 18.4 Å². The number of H-pyrrole nitrogens is 1. The molecular formula is C21H24N4O4. The monoisotopic (exact) mass is 396 g/mol. The second kappa shape index (κ2) is 8.16. The van der Waals surface area contributed by atoms with Crippen LogP contribution in [0.2, 0.25) is 0 Å². The van der Waals surface area contributed by atoms with Gasteiger partial charge in [-0.1, -0.05) is 17.3 Å². The number of ether oxygens (including phenoxy) is 1. The quantitative estimate of drug-likeness (QED) is 0.686. The maximum atomic E-state index is 13.1. The van der Waals surface area contributed by atoms with Gasteiger partial charge in [-0.15, -0.1) is 0 Å². The standard InChI is InChI=1S/C21H24N4O4/c1-13-17(14(2)29-24-13)10-20(26)25(11-15-6-5-9-28-15)12-19-22-18-8-4-3-7-16(18)21(27)23-19/h3-4,7-8,15H,5-6,9-12H2,1-2H3,(H,22,23,27)/t15-/m1/s1. The molecular weight excluding hydrogens is 372 g/mol. The number of carbonyl (C=O) groups is 1. The summed E-state index contributed by atoms with van der Waals surface area (Å²) in [6.07, 6.45) is 2.08. The van der Waals surface area contributed by atoms with E-state index in [0.29, 0.717) is 41.3 Å². The minimum absolute atomic E-state index is 0.00389. The van der Waals surface area contributed by atoms with Crippen LogP contribution in [0, 0.1) is 13.8 Å². The molecule has 0 spiro atoms. The number of nitrogens with zero attached hydrogens (tertiary/aromatic N) is 3. The summed E-state index contributed by atoms with van der Waals surface area (Å²) >= 11 is 0. The summed E-state index contributed by atoms with van der Waals surface area (Å²) < 4.78 is 10.9. The number of amides is 1. The summed E-state index contributed by atoms with van der Waals surface area (Å²) in [7, 11) is 0. The smallest absolute Gasteiger partial charge is 0.258 e. The molecule has 8 nitrogen and oxygen atoms in total. The van der Waals surface area contributed by atoms with E-state index in [1.165, 1.54) is 0 Å². The number of nitrogens with one attached hydrogen (secondary N) is 1. The highest BCUT2D eigenvalue weighted by Crippen LogP contribution is 2.18. The summed E-state index contributed by atoms with van der Waals surface area (Å²) in [6, 6.07) is 7.17. The summed E-state index contributed by atoms with van der Waals surface area (Å²) in [5, 5.41) is 4.46. The van der Waals surface area contributed by atoms with E-state index in [-0.39, 0.29) is 30.5 Å². The molecule has 1 aliphatic rings. The van der Waals surface area contributed by atoms with Crippen molar-refractivity contribution in [3.05, 3.63) is 57.5 Å². The molecule has 1 atom stereocenters. The Balaban J connectivity index is 1.60. The topological polar surface area (TPSA) is 101 Å². The van der Waals surface area contributed by atoms with E-state index in [1.807, 2.05) is 13.0 Å². The third-order valence-electron chi connectivity index (χ3n) is 5.31. The van der Waals surface area contributed by atoms with Crippen molar-refractivity contribution >= 4 is 16.8 Å². The van der Waals surface area contributed by atoms with Crippen LogP contribution in [0.15, 0.2) is 33.6 Å². The van der Waals surface area contributed by atoms with Gasteiger partial charge in [-0.25, -0.2) is 4.98 Å². The number of aromatic amines is 1. The lowest BCUT2D eigenvalue weighted by atomic mass is 10.1. The van der Waals surface area contributed by atoms with Gasteiger partial charge < -0.3 is 19.1 Å². The van der Waals surface area contributed by atoms with Crippen LogP contribution >= 0.6 is 0 Å². The van der Waals surface area contributed by atoms with Crippen LogP contribution < -0.4 is 5.56 Å². The zero-order valence-corrected chi connectivity index (χ0v) is 16.6. The van der Waals surface area contributed by atoms with Gasteiger partial charge in [0.25, 0.3) is 5.56 Å². The van der Waals surface area contributed by atoms with Gasteiger partial charge in [0.1, 0.15) is 11.6 Å². The minimum Gasteiger partial charge on any atom is -0.376 e. The van der Waals surface area contributed by atoms with Crippen LogP contribution in [0.25, 0.3) is 10.9 Å². The molecule has 4 rings (SSSR count). The highest BCUT2D eigenvalue weighted by molar-refractivity contribution is 5.79. The Morgan fingerprint density at radius 2 is 2.14 bits per heavy atom. The highest BCUT2D eigenvalue weighted by atomic mass is 16.5. The zero-order chi connectivity index (χ0) is 20.4.